The molecule has 3 rings (SSSR count). The molecule has 3 heterocycles. The van der Waals surface area contributed by atoms with Crippen molar-refractivity contribution < 1.29 is 4.52 Å². The molecule has 0 saturated carbocycles. The molecule has 112 valence electrons. The predicted octanol–water partition coefficient (Wildman–Crippen LogP) is 1.95. The predicted molar refractivity (Wildman–Crippen MR) is 77.7 cm³/mol. The average molecular weight is 278 g/mol. The number of aromatic nitrogens is 2. The van der Waals surface area contributed by atoms with E-state index in [9.17, 15) is 0 Å². The van der Waals surface area contributed by atoms with Gasteiger partial charge in [0.2, 0.25) is 5.89 Å². The molecule has 3 atom stereocenters. The Balaban J connectivity index is 1.62. The molecule has 5 heteroatoms. The Labute approximate surface area is 121 Å². The minimum Gasteiger partial charge on any atom is -0.339 e. The highest BCUT2D eigenvalue weighted by atomic mass is 16.5. The third-order valence-corrected chi connectivity index (χ3v) is 4.98. The van der Waals surface area contributed by atoms with Gasteiger partial charge in [0.25, 0.3) is 0 Å². The summed E-state index contributed by atoms with van der Waals surface area (Å²) in [4.78, 5) is 7.19. The Morgan fingerprint density at radius 2 is 2.05 bits per heavy atom. The van der Waals surface area contributed by atoms with E-state index in [1.807, 2.05) is 0 Å². The zero-order valence-electron chi connectivity index (χ0n) is 12.8. The Kier molecular flexibility index (Phi) is 4.08. The van der Waals surface area contributed by atoms with Gasteiger partial charge in [-0.05, 0) is 46.2 Å². The second-order valence-corrected chi connectivity index (χ2v) is 6.43. The van der Waals surface area contributed by atoms with E-state index in [1.54, 1.807) is 0 Å². The van der Waals surface area contributed by atoms with Gasteiger partial charge in [-0.1, -0.05) is 12.1 Å². The second kappa shape index (κ2) is 5.82. The standard InChI is InChI=1S/C15H26N4O/c1-4-16-10(2)7-14-17-15(18-20-14)11-8-12-5-6-13(9-11)19(12)3/h10-13,16H,4-9H2,1-3H3. The zero-order chi connectivity index (χ0) is 14.1. The first-order chi connectivity index (χ1) is 9.67. The molecule has 3 unspecified atom stereocenters. The van der Waals surface area contributed by atoms with Crippen LogP contribution in [0.2, 0.25) is 0 Å². The van der Waals surface area contributed by atoms with Gasteiger partial charge in [-0.3, -0.25) is 0 Å². The van der Waals surface area contributed by atoms with Crippen LogP contribution in [0.3, 0.4) is 0 Å². The van der Waals surface area contributed by atoms with E-state index in [-0.39, 0.29) is 0 Å². The van der Waals surface area contributed by atoms with Crippen molar-refractivity contribution >= 4 is 0 Å². The van der Waals surface area contributed by atoms with Gasteiger partial charge in [-0.2, -0.15) is 4.98 Å². The van der Waals surface area contributed by atoms with Crippen LogP contribution < -0.4 is 5.32 Å². The minimum atomic E-state index is 0.391. The van der Waals surface area contributed by atoms with Crippen molar-refractivity contribution in [3.05, 3.63) is 11.7 Å². The molecule has 0 aliphatic carbocycles. The van der Waals surface area contributed by atoms with Gasteiger partial charge in [0.15, 0.2) is 5.82 Å². The molecule has 0 aromatic carbocycles. The Morgan fingerprint density at radius 3 is 2.70 bits per heavy atom. The normalized spacial score (nSPS) is 31.6. The van der Waals surface area contributed by atoms with Gasteiger partial charge in [0.1, 0.15) is 0 Å². The topological polar surface area (TPSA) is 54.2 Å². The summed E-state index contributed by atoms with van der Waals surface area (Å²) in [5.74, 6) is 2.21. The molecule has 2 fully saturated rings. The molecule has 5 nitrogen and oxygen atoms in total. The summed E-state index contributed by atoms with van der Waals surface area (Å²) in [6, 6.07) is 1.84. The maximum atomic E-state index is 5.44. The molecule has 2 saturated heterocycles. The molecular weight excluding hydrogens is 252 g/mol. The molecule has 0 spiro atoms. The summed E-state index contributed by atoms with van der Waals surface area (Å²) in [6.07, 6.45) is 5.86. The smallest absolute Gasteiger partial charge is 0.228 e. The summed E-state index contributed by atoms with van der Waals surface area (Å²) < 4.78 is 5.44. The van der Waals surface area contributed by atoms with Crippen LogP contribution in [0.5, 0.6) is 0 Å². The number of rotatable bonds is 5. The van der Waals surface area contributed by atoms with Crippen LogP contribution in [0.1, 0.15) is 57.2 Å². The Bertz CT molecular complexity index is 433. The third-order valence-electron chi connectivity index (χ3n) is 4.98. The Hall–Kier alpha value is -0.940. The van der Waals surface area contributed by atoms with Crippen LogP contribution >= 0.6 is 0 Å². The summed E-state index contributed by atoms with van der Waals surface area (Å²) in [5, 5.41) is 7.62. The first kappa shape index (κ1) is 14.0. The summed E-state index contributed by atoms with van der Waals surface area (Å²) in [7, 11) is 2.26. The number of nitrogens with zero attached hydrogens (tertiary/aromatic N) is 3. The molecular formula is C15H26N4O. The lowest BCUT2D eigenvalue weighted by molar-refractivity contribution is 0.157. The number of nitrogens with one attached hydrogen (secondary N) is 1. The fourth-order valence-corrected chi connectivity index (χ4v) is 3.82. The van der Waals surface area contributed by atoms with E-state index in [2.05, 4.69) is 41.3 Å². The van der Waals surface area contributed by atoms with Crippen LogP contribution in [0.15, 0.2) is 4.52 Å². The van der Waals surface area contributed by atoms with Gasteiger partial charge < -0.3 is 14.7 Å². The van der Waals surface area contributed by atoms with E-state index in [4.69, 9.17) is 4.52 Å². The quantitative estimate of drug-likeness (QED) is 0.892. The zero-order valence-corrected chi connectivity index (χ0v) is 12.8. The SMILES string of the molecule is CCNC(C)Cc1nc(C2CC3CCC(C2)N3C)no1. The highest BCUT2D eigenvalue weighted by Gasteiger charge is 2.40. The number of hydrogen-bond donors (Lipinski definition) is 1. The van der Waals surface area contributed by atoms with Crippen LogP contribution in [-0.4, -0.2) is 46.8 Å². The van der Waals surface area contributed by atoms with Crippen LogP contribution in [0.25, 0.3) is 0 Å². The lowest BCUT2D eigenvalue weighted by Gasteiger charge is -2.34. The van der Waals surface area contributed by atoms with Crippen molar-refractivity contribution in [1.82, 2.24) is 20.4 Å². The summed E-state index contributed by atoms with van der Waals surface area (Å²) in [5.41, 5.74) is 0. The Morgan fingerprint density at radius 1 is 1.35 bits per heavy atom. The minimum absolute atomic E-state index is 0.391. The lowest BCUT2D eigenvalue weighted by Crippen LogP contribution is -2.39. The number of piperidine rings is 1. The first-order valence-electron chi connectivity index (χ1n) is 7.95. The number of hydrogen-bond acceptors (Lipinski definition) is 5. The van der Waals surface area contributed by atoms with Gasteiger partial charge in [0.05, 0.1) is 0 Å². The van der Waals surface area contributed by atoms with Crippen LogP contribution in [0.4, 0.5) is 0 Å². The monoisotopic (exact) mass is 278 g/mol. The summed E-state index contributed by atoms with van der Waals surface area (Å²) >= 11 is 0. The molecule has 1 aromatic rings. The molecule has 0 radical (unpaired) electrons. The number of likely N-dealkylation sites (N-methyl/N-ethyl adjacent to an activating group) is 1. The van der Waals surface area contributed by atoms with Gasteiger partial charge >= 0.3 is 0 Å². The maximum absolute atomic E-state index is 5.44. The molecule has 2 bridgehead atoms. The van der Waals surface area contributed by atoms with Crippen LogP contribution in [-0.2, 0) is 6.42 Å². The van der Waals surface area contributed by atoms with Crippen molar-refractivity contribution in [2.24, 2.45) is 0 Å². The molecule has 20 heavy (non-hydrogen) atoms. The van der Waals surface area contributed by atoms with E-state index in [0.29, 0.717) is 12.0 Å². The maximum Gasteiger partial charge on any atom is 0.228 e. The first-order valence-corrected chi connectivity index (χ1v) is 7.95. The van der Waals surface area contributed by atoms with Gasteiger partial charge in [0, 0.05) is 30.5 Å². The van der Waals surface area contributed by atoms with E-state index < -0.39 is 0 Å². The summed E-state index contributed by atoms with van der Waals surface area (Å²) in [6.45, 7) is 5.24. The highest BCUT2D eigenvalue weighted by molar-refractivity contribution is 5.05. The van der Waals surface area contributed by atoms with Gasteiger partial charge in [-0.15, -0.1) is 0 Å². The second-order valence-electron chi connectivity index (χ2n) is 6.43. The van der Waals surface area contributed by atoms with Crippen LogP contribution in [0, 0.1) is 0 Å². The van der Waals surface area contributed by atoms with Crippen molar-refractivity contribution in [1.29, 1.82) is 0 Å². The van der Waals surface area contributed by atoms with E-state index in [0.717, 1.165) is 36.8 Å². The fraction of sp³-hybridized carbons (Fsp3) is 0.867. The van der Waals surface area contributed by atoms with E-state index in [1.165, 1.54) is 25.7 Å². The van der Waals surface area contributed by atoms with E-state index >= 15 is 0 Å². The molecule has 2 aliphatic heterocycles. The highest BCUT2D eigenvalue weighted by Crippen LogP contribution is 2.41. The molecule has 2 aliphatic rings. The average Bonchev–Trinajstić information content (AvgIpc) is 2.92. The largest absolute Gasteiger partial charge is 0.339 e. The molecule has 1 N–H and O–H groups in total. The van der Waals surface area contributed by atoms with Gasteiger partial charge in [-0.25, -0.2) is 0 Å². The lowest BCUT2D eigenvalue weighted by atomic mass is 9.90. The van der Waals surface area contributed by atoms with Crippen molar-refractivity contribution in [3.63, 3.8) is 0 Å². The van der Waals surface area contributed by atoms with Crippen molar-refractivity contribution in [2.45, 2.75) is 70.0 Å². The fourth-order valence-electron chi connectivity index (χ4n) is 3.82. The molecule has 0 amide bonds. The third kappa shape index (κ3) is 2.74. The number of fused-ring (bicyclic) bond motifs is 2. The van der Waals surface area contributed by atoms with Crippen molar-refractivity contribution in [2.75, 3.05) is 13.6 Å². The van der Waals surface area contributed by atoms with Crippen molar-refractivity contribution in [3.8, 4) is 0 Å². The molecule has 1 aromatic heterocycles.